The number of ether oxygens (including phenoxy) is 1. The Balaban J connectivity index is 2.37. The maximum Gasteiger partial charge on any atom is 0.307 e. The highest BCUT2D eigenvalue weighted by Crippen LogP contribution is 2.09. The molecule has 0 atom stereocenters. The van der Waals surface area contributed by atoms with Crippen molar-refractivity contribution in [2.24, 2.45) is 0 Å². The SMILES string of the molecule is C#Cc1cccc(NCCC(=O)OCC)c1. The Labute approximate surface area is 95.8 Å². The smallest absolute Gasteiger partial charge is 0.307 e. The van der Waals surface area contributed by atoms with Crippen molar-refractivity contribution < 1.29 is 9.53 Å². The van der Waals surface area contributed by atoms with Gasteiger partial charge in [0, 0.05) is 17.8 Å². The van der Waals surface area contributed by atoms with Crippen molar-refractivity contribution in [1.29, 1.82) is 0 Å². The summed E-state index contributed by atoms with van der Waals surface area (Å²) in [6.07, 6.45) is 5.64. The van der Waals surface area contributed by atoms with Crippen LogP contribution in [0.1, 0.15) is 18.9 Å². The van der Waals surface area contributed by atoms with Gasteiger partial charge in [0.15, 0.2) is 0 Å². The maximum atomic E-state index is 11.1. The van der Waals surface area contributed by atoms with Crippen molar-refractivity contribution in [1.82, 2.24) is 0 Å². The Morgan fingerprint density at radius 2 is 2.38 bits per heavy atom. The molecule has 0 saturated carbocycles. The van der Waals surface area contributed by atoms with Crippen molar-refractivity contribution >= 4 is 11.7 Å². The standard InChI is InChI=1S/C13H15NO2/c1-3-11-6-5-7-12(10-11)14-9-8-13(15)16-4-2/h1,5-7,10,14H,4,8-9H2,2H3. The number of esters is 1. The first-order chi connectivity index (χ1) is 7.76. The van der Waals surface area contributed by atoms with Crippen molar-refractivity contribution in [2.75, 3.05) is 18.5 Å². The number of carbonyl (C=O) groups excluding carboxylic acids is 1. The van der Waals surface area contributed by atoms with Gasteiger partial charge in [0.1, 0.15) is 0 Å². The molecule has 84 valence electrons. The molecule has 0 spiro atoms. The van der Waals surface area contributed by atoms with Gasteiger partial charge in [0.2, 0.25) is 0 Å². The van der Waals surface area contributed by atoms with Crippen LogP contribution in [-0.4, -0.2) is 19.1 Å². The number of benzene rings is 1. The van der Waals surface area contributed by atoms with E-state index in [2.05, 4.69) is 11.2 Å². The molecule has 16 heavy (non-hydrogen) atoms. The van der Waals surface area contributed by atoms with Crippen LogP contribution in [0.4, 0.5) is 5.69 Å². The summed E-state index contributed by atoms with van der Waals surface area (Å²) in [4.78, 5) is 11.1. The number of carbonyl (C=O) groups is 1. The monoisotopic (exact) mass is 217 g/mol. The Bertz CT molecular complexity index is 393. The molecule has 0 aliphatic heterocycles. The van der Waals surface area contributed by atoms with E-state index in [1.165, 1.54) is 0 Å². The third-order valence-electron chi connectivity index (χ3n) is 1.99. The van der Waals surface area contributed by atoms with E-state index in [0.717, 1.165) is 11.3 Å². The summed E-state index contributed by atoms with van der Waals surface area (Å²) in [7, 11) is 0. The van der Waals surface area contributed by atoms with Crippen LogP contribution in [0.3, 0.4) is 0 Å². The number of hydrogen-bond acceptors (Lipinski definition) is 3. The van der Waals surface area contributed by atoms with Crippen LogP contribution in [0.25, 0.3) is 0 Å². The molecule has 0 fully saturated rings. The van der Waals surface area contributed by atoms with E-state index in [-0.39, 0.29) is 5.97 Å². The first-order valence-electron chi connectivity index (χ1n) is 5.22. The predicted octanol–water partition coefficient (Wildman–Crippen LogP) is 2.03. The molecule has 0 saturated heterocycles. The lowest BCUT2D eigenvalue weighted by Crippen LogP contribution is -2.11. The van der Waals surface area contributed by atoms with E-state index in [9.17, 15) is 4.79 Å². The summed E-state index contributed by atoms with van der Waals surface area (Å²) in [5.41, 5.74) is 1.74. The second-order valence-electron chi connectivity index (χ2n) is 3.21. The van der Waals surface area contributed by atoms with Crippen LogP contribution in [0.5, 0.6) is 0 Å². The molecule has 0 bridgehead atoms. The largest absolute Gasteiger partial charge is 0.466 e. The average molecular weight is 217 g/mol. The topological polar surface area (TPSA) is 38.3 Å². The molecule has 3 heteroatoms. The van der Waals surface area contributed by atoms with Gasteiger partial charge in [-0.05, 0) is 25.1 Å². The predicted molar refractivity (Wildman–Crippen MR) is 64.1 cm³/mol. The number of anilines is 1. The van der Waals surface area contributed by atoms with Crippen LogP contribution in [0.2, 0.25) is 0 Å². The first-order valence-corrected chi connectivity index (χ1v) is 5.22. The average Bonchev–Trinajstić information content (AvgIpc) is 2.30. The second-order valence-corrected chi connectivity index (χ2v) is 3.21. The van der Waals surface area contributed by atoms with Gasteiger partial charge in [-0.25, -0.2) is 0 Å². The Morgan fingerprint density at radius 3 is 3.06 bits per heavy atom. The molecule has 1 aromatic rings. The van der Waals surface area contributed by atoms with Gasteiger partial charge in [-0.2, -0.15) is 0 Å². The summed E-state index contributed by atoms with van der Waals surface area (Å²) in [5, 5.41) is 3.11. The molecule has 1 rings (SSSR count). The zero-order valence-electron chi connectivity index (χ0n) is 9.32. The zero-order chi connectivity index (χ0) is 11.8. The molecule has 0 amide bonds. The highest BCUT2D eigenvalue weighted by atomic mass is 16.5. The highest BCUT2D eigenvalue weighted by molar-refractivity contribution is 5.70. The number of nitrogens with one attached hydrogen (secondary N) is 1. The molecule has 1 N–H and O–H groups in total. The molecule has 3 nitrogen and oxygen atoms in total. The molecule has 1 aromatic carbocycles. The quantitative estimate of drug-likeness (QED) is 0.606. The molecule has 0 radical (unpaired) electrons. The lowest BCUT2D eigenvalue weighted by Gasteiger charge is -2.06. The van der Waals surface area contributed by atoms with Crippen LogP contribution < -0.4 is 5.32 Å². The minimum Gasteiger partial charge on any atom is -0.466 e. The molecular formula is C13H15NO2. The van der Waals surface area contributed by atoms with Crippen molar-refractivity contribution in [3.63, 3.8) is 0 Å². The lowest BCUT2D eigenvalue weighted by atomic mass is 10.2. The molecular weight excluding hydrogens is 202 g/mol. The number of terminal acetylenes is 1. The third kappa shape index (κ3) is 4.05. The summed E-state index contributed by atoms with van der Waals surface area (Å²) >= 11 is 0. The van der Waals surface area contributed by atoms with E-state index in [1.807, 2.05) is 24.3 Å². The summed E-state index contributed by atoms with van der Waals surface area (Å²) < 4.78 is 4.81. The normalized spacial score (nSPS) is 9.25. The van der Waals surface area contributed by atoms with E-state index in [0.29, 0.717) is 19.6 Å². The van der Waals surface area contributed by atoms with E-state index < -0.39 is 0 Å². The summed E-state index contributed by atoms with van der Waals surface area (Å²) in [6, 6.07) is 7.51. The lowest BCUT2D eigenvalue weighted by molar-refractivity contribution is -0.142. The van der Waals surface area contributed by atoms with Crippen LogP contribution >= 0.6 is 0 Å². The summed E-state index contributed by atoms with van der Waals surface area (Å²) in [5.74, 6) is 2.36. The van der Waals surface area contributed by atoms with Crippen LogP contribution in [0, 0.1) is 12.3 Å². The fourth-order valence-corrected chi connectivity index (χ4v) is 1.26. The fourth-order valence-electron chi connectivity index (χ4n) is 1.26. The Morgan fingerprint density at radius 1 is 1.56 bits per heavy atom. The minimum absolute atomic E-state index is 0.192. The Kier molecular flexibility index (Phi) is 4.94. The molecule has 0 aliphatic carbocycles. The fraction of sp³-hybridized carbons (Fsp3) is 0.308. The van der Waals surface area contributed by atoms with Crippen molar-refractivity contribution in [3.8, 4) is 12.3 Å². The van der Waals surface area contributed by atoms with Gasteiger partial charge < -0.3 is 10.1 Å². The molecule has 0 unspecified atom stereocenters. The minimum atomic E-state index is -0.192. The molecule has 0 aromatic heterocycles. The van der Waals surface area contributed by atoms with Gasteiger partial charge in [-0.1, -0.05) is 12.0 Å². The van der Waals surface area contributed by atoms with E-state index >= 15 is 0 Å². The number of hydrogen-bond donors (Lipinski definition) is 1. The highest BCUT2D eigenvalue weighted by Gasteiger charge is 2.00. The Hall–Kier alpha value is -1.95. The molecule has 0 aliphatic rings. The first kappa shape index (κ1) is 12.1. The summed E-state index contributed by atoms with van der Waals surface area (Å²) in [6.45, 7) is 2.76. The van der Waals surface area contributed by atoms with Gasteiger partial charge in [0.25, 0.3) is 0 Å². The van der Waals surface area contributed by atoms with Gasteiger partial charge in [0.05, 0.1) is 13.0 Å². The van der Waals surface area contributed by atoms with Crippen LogP contribution in [0.15, 0.2) is 24.3 Å². The van der Waals surface area contributed by atoms with Crippen molar-refractivity contribution in [3.05, 3.63) is 29.8 Å². The molecule has 0 heterocycles. The second kappa shape index (κ2) is 6.52. The van der Waals surface area contributed by atoms with Gasteiger partial charge in [-0.3, -0.25) is 4.79 Å². The van der Waals surface area contributed by atoms with Crippen LogP contribution in [-0.2, 0) is 9.53 Å². The van der Waals surface area contributed by atoms with Crippen molar-refractivity contribution in [2.45, 2.75) is 13.3 Å². The maximum absolute atomic E-state index is 11.1. The van der Waals surface area contributed by atoms with Gasteiger partial charge >= 0.3 is 5.97 Å². The zero-order valence-corrected chi connectivity index (χ0v) is 9.32. The van der Waals surface area contributed by atoms with E-state index in [4.69, 9.17) is 11.2 Å². The van der Waals surface area contributed by atoms with Gasteiger partial charge in [-0.15, -0.1) is 6.42 Å². The third-order valence-corrected chi connectivity index (χ3v) is 1.99. The number of rotatable bonds is 5. The van der Waals surface area contributed by atoms with E-state index in [1.54, 1.807) is 6.92 Å².